The average molecular weight is 166 g/mol. The molecule has 4 aliphatic carbocycles. The van der Waals surface area contributed by atoms with Gasteiger partial charge in [0.1, 0.15) is 0 Å². The molecule has 0 aromatic carbocycles. The summed E-state index contributed by atoms with van der Waals surface area (Å²) >= 11 is 0. The lowest BCUT2D eigenvalue weighted by molar-refractivity contribution is -0.250. The van der Waals surface area contributed by atoms with E-state index in [1.165, 1.54) is 44.9 Å². The van der Waals surface area contributed by atoms with E-state index in [2.05, 4.69) is 0 Å². The van der Waals surface area contributed by atoms with Crippen LogP contribution in [0.1, 0.15) is 44.9 Å². The normalized spacial score (nSPS) is 51.8. The van der Waals surface area contributed by atoms with Gasteiger partial charge >= 0.3 is 0 Å². The highest BCUT2D eigenvalue weighted by molar-refractivity contribution is 5.19. The summed E-state index contributed by atoms with van der Waals surface area (Å²) in [6.45, 7) is 0.460. The van der Waals surface area contributed by atoms with E-state index in [4.69, 9.17) is 5.11 Å². The van der Waals surface area contributed by atoms with Gasteiger partial charge in [-0.05, 0) is 48.9 Å². The van der Waals surface area contributed by atoms with Crippen molar-refractivity contribution in [1.29, 1.82) is 0 Å². The number of hydrogen-bond donors (Lipinski definition) is 1. The van der Waals surface area contributed by atoms with Gasteiger partial charge in [-0.3, -0.25) is 0 Å². The second-order valence-electron chi connectivity index (χ2n) is 5.53. The van der Waals surface area contributed by atoms with Gasteiger partial charge < -0.3 is 5.11 Å². The van der Waals surface area contributed by atoms with Crippen LogP contribution in [0.4, 0.5) is 0 Å². The number of rotatable bonds is 2. The molecule has 0 spiro atoms. The maximum Gasteiger partial charge on any atom is 0.0488 e. The fraction of sp³-hybridized carbons (Fsp3) is 1.00. The van der Waals surface area contributed by atoms with Crippen molar-refractivity contribution in [3.8, 4) is 0 Å². The Morgan fingerprint density at radius 1 is 1.08 bits per heavy atom. The molecule has 1 heteroatoms. The highest BCUT2D eigenvalue weighted by Gasteiger charge is 2.69. The number of hydrogen-bond acceptors (Lipinski definition) is 1. The van der Waals surface area contributed by atoms with Gasteiger partial charge in [-0.25, -0.2) is 0 Å². The third kappa shape index (κ3) is 0.693. The standard InChI is InChI=1S/C11H18O/c12-8-10-5-11(6-10,7-10)9-3-1-2-4-9/h9,12H,1-8H2. The minimum atomic E-state index is 0.433. The van der Waals surface area contributed by atoms with E-state index in [9.17, 15) is 0 Å². The lowest BCUT2D eigenvalue weighted by Gasteiger charge is -2.73. The molecule has 68 valence electrons. The summed E-state index contributed by atoms with van der Waals surface area (Å²) in [5, 5.41) is 9.14. The Morgan fingerprint density at radius 2 is 1.67 bits per heavy atom. The second-order valence-corrected chi connectivity index (χ2v) is 5.53. The molecule has 0 saturated heterocycles. The SMILES string of the molecule is OCC12CC(C3CCCC3)(C1)C2. The van der Waals surface area contributed by atoms with Gasteiger partial charge in [0.2, 0.25) is 0 Å². The first-order valence-electron chi connectivity index (χ1n) is 5.40. The van der Waals surface area contributed by atoms with E-state index in [-0.39, 0.29) is 0 Å². The molecule has 1 N–H and O–H groups in total. The Balaban J connectivity index is 1.67. The van der Waals surface area contributed by atoms with Crippen molar-refractivity contribution in [2.75, 3.05) is 6.61 Å². The minimum absolute atomic E-state index is 0.433. The maximum atomic E-state index is 9.14. The Labute approximate surface area is 74.2 Å². The lowest BCUT2D eigenvalue weighted by Crippen LogP contribution is -2.65. The molecule has 0 amide bonds. The largest absolute Gasteiger partial charge is 0.396 e. The Morgan fingerprint density at radius 3 is 2.17 bits per heavy atom. The fourth-order valence-corrected chi connectivity index (χ4v) is 4.22. The Hall–Kier alpha value is -0.0400. The highest BCUT2D eigenvalue weighted by atomic mass is 16.3. The van der Waals surface area contributed by atoms with Crippen molar-refractivity contribution < 1.29 is 5.11 Å². The van der Waals surface area contributed by atoms with Gasteiger partial charge in [0.25, 0.3) is 0 Å². The summed E-state index contributed by atoms with van der Waals surface area (Å²) in [7, 11) is 0. The molecule has 4 saturated carbocycles. The quantitative estimate of drug-likeness (QED) is 0.667. The topological polar surface area (TPSA) is 20.2 Å². The summed E-state index contributed by atoms with van der Waals surface area (Å²) in [5.41, 5.74) is 1.18. The molecule has 0 unspecified atom stereocenters. The third-order valence-corrected chi connectivity index (χ3v) is 4.74. The van der Waals surface area contributed by atoms with Crippen LogP contribution < -0.4 is 0 Å². The van der Waals surface area contributed by atoms with Crippen molar-refractivity contribution >= 4 is 0 Å². The molecule has 12 heavy (non-hydrogen) atoms. The molecule has 0 aromatic heterocycles. The first-order chi connectivity index (χ1) is 5.79. The molecule has 0 heterocycles. The van der Waals surface area contributed by atoms with Gasteiger partial charge in [0, 0.05) is 6.61 Å². The molecule has 4 fully saturated rings. The summed E-state index contributed by atoms with van der Waals surface area (Å²) < 4.78 is 0. The average Bonchev–Trinajstić information content (AvgIpc) is 2.35. The summed E-state index contributed by atoms with van der Waals surface area (Å²) in [4.78, 5) is 0. The van der Waals surface area contributed by atoms with E-state index in [1.807, 2.05) is 0 Å². The van der Waals surface area contributed by atoms with Crippen LogP contribution in [0.15, 0.2) is 0 Å². The fourth-order valence-electron chi connectivity index (χ4n) is 4.22. The van der Waals surface area contributed by atoms with Crippen LogP contribution in [0.25, 0.3) is 0 Å². The molecule has 0 radical (unpaired) electrons. The maximum absolute atomic E-state index is 9.14. The number of aliphatic hydroxyl groups is 1. The van der Waals surface area contributed by atoms with Gasteiger partial charge in [0.05, 0.1) is 0 Å². The van der Waals surface area contributed by atoms with Crippen LogP contribution in [-0.4, -0.2) is 11.7 Å². The molecule has 4 rings (SSSR count). The van der Waals surface area contributed by atoms with Crippen molar-refractivity contribution in [3.05, 3.63) is 0 Å². The van der Waals surface area contributed by atoms with Crippen LogP contribution in [-0.2, 0) is 0 Å². The van der Waals surface area contributed by atoms with Crippen LogP contribution in [0.5, 0.6) is 0 Å². The molecule has 0 aliphatic heterocycles. The van der Waals surface area contributed by atoms with E-state index in [0.29, 0.717) is 12.0 Å². The zero-order valence-corrected chi connectivity index (χ0v) is 7.68. The predicted octanol–water partition coefficient (Wildman–Crippen LogP) is 2.34. The molecule has 1 nitrogen and oxygen atoms in total. The van der Waals surface area contributed by atoms with Crippen LogP contribution >= 0.6 is 0 Å². The molecule has 0 aromatic rings. The summed E-state index contributed by atoms with van der Waals surface area (Å²) in [5.74, 6) is 1.05. The minimum Gasteiger partial charge on any atom is -0.396 e. The Bertz CT molecular complexity index is 183. The first-order valence-corrected chi connectivity index (χ1v) is 5.40. The van der Waals surface area contributed by atoms with Crippen molar-refractivity contribution in [3.63, 3.8) is 0 Å². The summed E-state index contributed by atoms with van der Waals surface area (Å²) in [6.07, 6.45) is 10.0. The monoisotopic (exact) mass is 166 g/mol. The first kappa shape index (κ1) is 7.37. The molecular weight excluding hydrogens is 148 g/mol. The zero-order chi connectivity index (χ0) is 8.23. The molecule has 4 aliphatic rings. The number of aliphatic hydroxyl groups excluding tert-OH is 1. The van der Waals surface area contributed by atoms with Crippen molar-refractivity contribution in [2.24, 2.45) is 16.7 Å². The van der Waals surface area contributed by atoms with Gasteiger partial charge in [-0.15, -0.1) is 0 Å². The van der Waals surface area contributed by atoms with Crippen LogP contribution in [0.2, 0.25) is 0 Å². The van der Waals surface area contributed by atoms with E-state index in [1.54, 1.807) is 0 Å². The van der Waals surface area contributed by atoms with Gasteiger partial charge in [-0.2, -0.15) is 0 Å². The molecule has 2 bridgehead atoms. The van der Waals surface area contributed by atoms with Crippen LogP contribution in [0, 0.1) is 16.7 Å². The second kappa shape index (κ2) is 2.06. The predicted molar refractivity (Wildman–Crippen MR) is 47.8 cm³/mol. The molecule has 0 atom stereocenters. The Kier molecular flexibility index (Phi) is 1.27. The highest BCUT2D eigenvalue weighted by Crippen LogP contribution is 2.77. The third-order valence-electron chi connectivity index (χ3n) is 4.74. The van der Waals surface area contributed by atoms with Crippen molar-refractivity contribution in [2.45, 2.75) is 44.9 Å². The van der Waals surface area contributed by atoms with Gasteiger partial charge in [0.15, 0.2) is 0 Å². The van der Waals surface area contributed by atoms with E-state index in [0.717, 1.165) is 11.3 Å². The van der Waals surface area contributed by atoms with Crippen LogP contribution in [0.3, 0.4) is 0 Å². The molecular formula is C11H18O. The van der Waals surface area contributed by atoms with E-state index >= 15 is 0 Å². The van der Waals surface area contributed by atoms with E-state index < -0.39 is 0 Å². The zero-order valence-electron chi connectivity index (χ0n) is 7.68. The van der Waals surface area contributed by atoms with Crippen molar-refractivity contribution in [1.82, 2.24) is 0 Å². The summed E-state index contributed by atoms with van der Waals surface area (Å²) in [6, 6.07) is 0. The smallest absolute Gasteiger partial charge is 0.0488 e. The van der Waals surface area contributed by atoms with Gasteiger partial charge in [-0.1, -0.05) is 12.8 Å². The lowest BCUT2D eigenvalue weighted by atomic mass is 9.32.